The molecule has 2 aliphatic carbocycles. The zero-order valence-electron chi connectivity index (χ0n) is 18.3. The number of halogens is 3. The third-order valence-corrected chi connectivity index (χ3v) is 7.06. The lowest BCUT2D eigenvalue weighted by atomic mass is 9.76. The summed E-state index contributed by atoms with van der Waals surface area (Å²) in [5.41, 5.74) is 4.22. The van der Waals surface area contributed by atoms with Crippen molar-refractivity contribution < 1.29 is 13.2 Å². The third-order valence-electron chi connectivity index (χ3n) is 7.06. The predicted octanol–water partition coefficient (Wildman–Crippen LogP) is 5.65. The van der Waals surface area contributed by atoms with Crippen LogP contribution in [0.4, 0.5) is 13.2 Å². The van der Waals surface area contributed by atoms with Crippen LogP contribution < -0.4 is 10.4 Å². The number of hydrogen-bond donors (Lipinski definition) is 0. The van der Waals surface area contributed by atoms with Crippen molar-refractivity contribution in [1.29, 1.82) is 0 Å². The van der Waals surface area contributed by atoms with E-state index in [-0.39, 0.29) is 5.92 Å². The van der Waals surface area contributed by atoms with E-state index < -0.39 is 11.9 Å². The van der Waals surface area contributed by atoms with Crippen LogP contribution in [-0.2, 0) is 19.0 Å². The molecule has 0 bridgehead atoms. The Morgan fingerprint density at radius 2 is 1.75 bits per heavy atom. The van der Waals surface area contributed by atoms with Crippen LogP contribution in [0.5, 0.6) is 0 Å². The van der Waals surface area contributed by atoms with Gasteiger partial charge in [-0.25, -0.2) is 0 Å². The van der Waals surface area contributed by atoms with E-state index in [1.54, 1.807) is 6.07 Å². The van der Waals surface area contributed by atoms with Crippen molar-refractivity contribution in [1.82, 2.24) is 4.98 Å². The highest BCUT2D eigenvalue weighted by molar-refractivity contribution is 5.60. The second kappa shape index (κ2) is 7.91. The summed E-state index contributed by atoms with van der Waals surface area (Å²) >= 11 is 0. The molecule has 0 fully saturated rings. The van der Waals surface area contributed by atoms with Crippen LogP contribution in [0.1, 0.15) is 55.0 Å². The minimum absolute atomic E-state index is 0.249. The fourth-order valence-electron chi connectivity index (χ4n) is 5.39. The number of alkyl halides is 3. The lowest BCUT2D eigenvalue weighted by molar-refractivity contribution is -0.141. The SMILES string of the molecule is CC1=c2ccccc2=c2ccc3c(c2C1CCc1ccc(C(F)(F)F)nc1)CCC(C)C=3. The summed E-state index contributed by atoms with van der Waals surface area (Å²) < 4.78 is 38.6. The maximum absolute atomic E-state index is 12.9. The summed E-state index contributed by atoms with van der Waals surface area (Å²) in [4.78, 5) is 3.65. The van der Waals surface area contributed by atoms with Gasteiger partial charge in [0.05, 0.1) is 0 Å². The molecule has 3 aromatic rings. The van der Waals surface area contributed by atoms with Crippen molar-refractivity contribution >= 4 is 11.6 Å². The lowest BCUT2D eigenvalue weighted by Crippen LogP contribution is -2.26. The number of fused-ring (bicyclic) bond motifs is 4. The second-order valence-electron chi connectivity index (χ2n) is 9.15. The first kappa shape index (κ1) is 21.0. The number of aryl methyl sites for hydroxylation is 1. The van der Waals surface area contributed by atoms with Crippen molar-refractivity contribution in [2.45, 2.75) is 51.6 Å². The van der Waals surface area contributed by atoms with Crippen LogP contribution >= 0.6 is 0 Å². The van der Waals surface area contributed by atoms with Gasteiger partial charge < -0.3 is 0 Å². The van der Waals surface area contributed by atoms with E-state index >= 15 is 0 Å². The third kappa shape index (κ3) is 3.66. The molecule has 4 heteroatoms. The Labute approximate surface area is 185 Å². The van der Waals surface area contributed by atoms with Crippen LogP contribution in [0.15, 0.2) is 54.7 Å². The van der Waals surface area contributed by atoms with Crippen molar-refractivity contribution in [2.24, 2.45) is 5.92 Å². The van der Waals surface area contributed by atoms with Gasteiger partial charge in [0, 0.05) is 12.1 Å². The molecule has 0 aliphatic heterocycles. The standard InChI is InChI=1S/C28H26F3N/c1-17-7-11-23-20(15-17)10-13-25-24-6-4-3-5-21(24)18(2)22(27(23)25)12-8-19-9-14-26(32-16-19)28(29,30)31/h3-6,9-10,13-17,22H,7-8,11-12H2,1-2H3. The summed E-state index contributed by atoms with van der Waals surface area (Å²) in [5, 5.41) is 5.22. The van der Waals surface area contributed by atoms with Crippen LogP contribution in [0, 0.1) is 16.4 Å². The molecule has 1 nitrogen and oxygen atoms in total. The first-order valence-corrected chi connectivity index (χ1v) is 11.3. The van der Waals surface area contributed by atoms with E-state index in [1.807, 2.05) is 0 Å². The summed E-state index contributed by atoms with van der Waals surface area (Å²) in [6, 6.07) is 15.8. The predicted molar refractivity (Wildman–Crippen MR) is 121 cm³/mol. The van der Waals surface area contributed by atoms with Crippen molar-refractivity contribution in [3.8, 4) is 0 Å². The van der Waals surface area contributed by atoms with Gasteiger partial charge in [-0.3, -0.25) is 4.98 Å². The maximum Gasteiger partial charge on any atom is 0.433 e. The number of benzene rings is 2. The molecular formula is C28H26F3N. The molecule has 2 aromatic carbocycles. The number of aromatic nitrogens is 1. The minimum atomic E-state index is -4.40. The highest BCUT2D eigenvalue weighted by Crippen LogP contribution is 2.35. The lowest BCUT2D eigenvalue weighted by Gasteiger charge is -2.28. The topological polar surface area (TPSA) is 12.9 Å². The van der Waals surface area contributed by atoms with Crippen molar-refractivity contribution in [3.63, 3.8) is 0 Å². The van der Waals surface area contributed by atoms with Gasteiger partial charge in [0.25, 0.3) is 0 Å². The van der Waals surface area contributed by atoms with Crippen LogP contribution in [0.25, 0.3) is 11.6 Å². The number of pyridine rings is 1. The van der Waals surface area contributed by atoms with Gasteiger partial charge in [0.1, 0.15) is 5.69 Å². The summed E-state index contributed by atoms with van der Waals surface area (Å²) in [6.07, 6.45) is 3.13. The smallest absolute Gasteiger partial charge is 0.252 e. The fraction of sp³-hybridized carbons (Fsp3) is 0.321. The van der Waals surface area contributed by atoms with E-state index in [4.69, 9.17) is 0 Å². The summed E-state index contributed by atoms with van der Waals surface area (Å²) in [6.45, 7) is 4.48. The van der Waals surface area contributed by atoms with E-state index in [0.717, 1.165) is 30.9 Å². The monoisotopic (exact) mass is 433 g/mol. The van der Waals surface area contributed by atoms with Gasteiger partial charge in [-0.15, -0.1) is 0 Å². The summed E-state index contributed by atoms with van der Waals surface area (Å²) in [5.74, 6) is 0.831. The number of hydrogen-bond acceptors (Lipinski definition) is 1. The molecule has 0 saturated heterocycles. The maximum atomic E-state index is 12.9. The molecular weight excluding hydrogens is 407 g/mol. The van der Waals surface area contributed by atoms with Crippen LogP contribution in [-0.4, -0.2) is 4.98 Å². The molecule has 164 valence electrons. The van der Waals surface area contributed by atoms with Gasteiger partial charge in [-0.2, -0.15) is 13.2 Å². The quantitative estimate of drug-likeness (QED) is 0.520. The minimum Gasteiger partial charge on any atom is -0.252 e. The normalized spacial score (nSPS) is 19.6. The van der Waals surface area contributed by atoms with E-state index in [0.29, 0.717) is 12.3 Å². The Hall–Kier alpha value is -2.88. The Kier molecular flexibility index (Phi) is 5.19. The zero-order valence-corrected chi connectivity index (χ0v) is 18.3. The number of rotatable bonds is 3. The molecule has 0 saturated carbocycles. The van der Waals surface area contributed by atoms with Crippen LogP contribution in [0.3, 0.4) is 0 Å². The highest BCUT2D eigenvalue weighted by atomic mass is 19.4. The van der Waals surface area contributed by atoms with Gasteiger partial charge in [0.15, 0.2) is 0 Å². The molecule has 2 aliphatic rings. The van der Waals surface area contributed by atoms with Gasteiger partial charge in [-0.05, 0) is 82.2 Å². The first-order chi connectivity index (χ1) is 15.3. The molecule has 2 unspecified atom stereocenters. The Morgan fingerprint density at radius 1 is 0.969 bits per heavy atom. The molecule has 32 heavy (non-hydrogen) atoms. The van der Waals surface area contributed by atoms with Gasteiger partial charge in [-0.1, -0.05) is 61.0 Å². The Bertz CT molecular complexity index is 1380. The zero-order chi connectivity index (χ0) is 22.5. The van der Waals surface area contributed by atoms with Gasteiger partial charge in [0.2, 0.25) is 0 Å². The molecule has 1 aromatic heterocycles. The molecule has 0 N–H and O–H groups in total. The molecule has 2 atom stereocenters. The molecule has 1 heterocycles. The average Bonchev–Trinajstić information content (AvgIpc) is 2.78. The van der Waals surface area contributed by atoms with Crippen molar-refractivity contribution in [2.75, 3.05) is 0 Å². The highest BCUT2D eigenvalue weighted by Gasteiger charge is 2.32. The van der Waals surface area contributed by atoms with E-state index in [9.17, 15) is 13.2 Å². The largest absolute Gasteiger partial charge is 0.433 e. The fourth-order valence-corrected chi connectivity index (χ4v) is 5.39. The Balaban J connectivity index is 1.60. The van der Waals surface area contributed by atoms with E-state index in [1.165, 1.54) is 43.8 Å². The molecule has 0 amide bonds. The molecule has 0 radical (unpaired) electrons. The van der Waals surface area contributed by atoms with Gasteiger partial charge >= 0.3 is 6.18 Å². The molecule has 5 rings (SSSR count). The Morgan fingerprint density at radius 3 is 2.47 bits per heavy atom. The molecule has 0 spiro atoms. The average molecular weight is 434 g/mol. The second-order valence-corrected chi connectivity index (χ2v) is 9.15. The van der Waals surface area contributed by atoms with Crippen molar-refractivity contribution in [3.05, 3.63) is 98.0 Å². The first-order valence-electron chi connectivity index (χ1n) is 11.3. The summed E-state index contributed by atoms with van der Waals surface area (Å²) in [7, 11) is 0. The van der Waals surface area contributed by atoms with Crippen LogP contribution in [0.2, 0.25) is 0 Å². The number of nitrogens with zero attached hydrogens (tertiary/aromatic N) is 1. The van der Waals surface area contributed by atoms with E-state index in [2.05, 4.69) is 61.3 Å².